The van der Waals surface area contributed by atoms with Crippen LogP contribution in [0.2, 0.25) is 0 Å². The van der Waals surface area contributed by atoms with E-state index in [9.17, 15) is 28.8 Å². The maximum absolute atomic E-state index is 13.4. The minimum Gasteiger partial charge on any atom is -0.444 e. The van der Waals surface area contributed by atoms with E-state index in [0.717, 1.165) is 107 Å². The molecule has 7 aliphatic rings. The minimum atomic E-state index is -0.569. The van der Waals surface area contributed by atoms with Crippen LogP contribution in [0.4, 0.5) is 19.2 Å². The molecule has 10 rings (SSSR count). The largest absolute Gasteiger partial charge is 0.444 e. The Morgan fingerprint density at radius 2 is 0.806 bits per heavy atom. The summed E-state index contributed by atoms with van der Waals surface area (Å²) in [5.41, 5.74) is 1.22. The molecule has 0 spiro atoms. The van der Waals surface area contributed by atoms with Crippen molar-refractivity contribution in [2.45, 2.75) is 290 Å². The molecule has 0 radical (unpaired) electrons. The Morgan fingerprint density at radius 1 is 0.444 bits per heavy atom. The second-order valence-corrected chi connectivity index (χ2v) is 34.4. The van der Waals surface area contributed by atoms with Crippen LogP contribution in [0.15, 0.2) is 42.7 Å². The van der Waals surface area contributed by atoms with Crippen molar-refractivity contribution in [2.75, 3.05) is 114 Å². The Hall–Kier alpha value is -6.62. The maximum Gasteiger partial charge on any atom is 0.410 e. The lowest BCUT2D eigenvalue weighted by molar-refractivity contribution is 0.00246. The van der Waals surface area contributed by atoms with E-state index in [2.05, 4.69) is 31.0 Å². The van der Waals surface area contributed by atoms with Gasteiger partial charge < -0.3 is 82.2 Å². The van der Waals surface area contributed by atoms with Crippen LogP contribution in [0.1, 0.15) is 251 Å². The molecule has 6 amide bonds. The number of carbonyl (C=O) groups excluding carboxylic acids is 6. The Morgan fingerprint density at radius 3 is 1.16 bits per heavy atom. The second kappa shape index (κ2) is 40.0. The van der Waals surface area contributed by atoms with E-state index >= 15 is 0 Å². The van der Waals surface area contributed by atoms with Crippen molar-refractivity contribution in [3.05, 3.63) is 70.8 Å². The number of carbonyl (C=O) groups is 6. The molecule has 3 aromatic rings. The minimum absolute atomic E-state index is 0.0166. The van der Waals surface area contributed by atoms with E-state index in [-0.39, 0.29) is 71.6 Å². The zero-order valence-corrected chi connectivity index (χ0v) is 69.3. The van der Waals surface area contributed by atoms with E-state index in [4.69, 9.17) is 52.8 Å². The highest BCUT2D eigenvalue weighted by molar-refractivity contribution is 5.96. The zero-order chi connectivity index (χ0) is 79.9. The Labute approximate surface area is 644 Å². The molecule has 108 heavy (non-hydrogen) atoms. The third kappa shape index (κ3) is 28.3. The van der Waals surface area contributed by atoms with Gasteiger partial charge in [-0.05, 0) is 190 Å². The van der Waals surface area contributed by atoms with E-state index in [1.807, 2.05) is 132 Å². The maximum atomic E-state index is 13.4. The third-order valence-corrected chi connectivity index (χ3v) is 20.5. The van der Waals surface area contributed by atoms with Crippen LogP contribution in [-0.2, 0) is 75.4 Å². The molecule has 5 saturated carbocycles. The third-order valence-electron chi connectivity index (χ3n) is 20.5. The van der Waals surface area contributed by atoms with Gasteiger partial charge in [0, 0.05) is 80.9 Å². The molecule has 0 unspecified atom stereocenters. The lowest BCUT2D eigenvalue weighted by Crippen LogP contribution is -2.44. The number of hydrogen-bond donors (Lipinski definition) is 2. The summed E-state index contributed by atoms with van der Waals surface area (Å²) in [6.45, 7) is 38.2. The van der Waals surface area contributed by atoms with Gasteiger partial charge >= 0.3 is 24.4 Å². The van der Waals surface area contributed by atoms with Gasteiger partial charge in [0.05, 0.1) is 123 Å². The number of aliphatic hydroxyl groups excluding tert-OH is 2. The summed E-state index contributed by atoms with van der Waals surface area (Å²) in [6.07, 6.45) is 19.4. The smallest absolute Gasteiger partial charge is 0.410 e. The van der Waals surface area contributed by atoms with Gasteiger partial charge in [-0.2, -0.15) is 10.2 Å². The number of ether oxygens (including phenoxy) is 9. The first-order valence-electron chi connectivity index (χ1n) is 39.5. The highest BCUT2D eigenvalue weighted by Gasteiger charge is 2.53. The number of hydrogen-bond acceptors (Lipinski definition) is 19. The molecule has 1 aromatic carbocycles. The van der Waals surface area contributed by atoms with Crippen molar-refractivity contribution in [1.82, 2.24) is 49.0 Å². The van der Waals surface area contributed by atoms with Gasteiger partial charge in [0.1, 0.15) is 22.4 Å². The van der Waals surface area contributed by atoms with Crippen LogP contribution >= 0.6 is 0 Å². The highest BCUT2D eigenvalue weighted by atomic mass is 16.6. The summed E-state index contributed by atoms with van der Waals surface area (Å²) in [6, 6.07) is 10.1. The normalized spacial score (nSPS) is 17.6. The van der Waals surface area contributed by atoms with Gasteiger partial charge in [0.15, 0.2) is 0 Å². The lowest BCUT2D eigenvalue weighted by atomic mass is 10.1. The Kier molecular flexibility index (Phi) is 33.5. The number of rotatable bonds is 31. The first-order chi connectivity index (χ1) is 50.8. The second-order valence-electron chi connectivity index (χ2n) is 34.4. The summed E-state index contributed by atoms with van der Waals surface area (Å²) < 4.78 is 53.7. The number of benzene rings is 1. The van der Waals surface area contributed by atoms with Crippen molar-refractivity contribution >= 4 is 36.2 Å². The summed E-state index contributed by atoms with van der Waals surface area (Å²) in [7, 11) is 7.12. The molecule has 612 valence electrons. The van der Waals surface area contributed by atoms with Gasteiger partial charge in [-0.1, -0.05) is 63.9 Å². The van der Waals surface area contributed by atoms with Crippen LogP contribution in [0.3, 0.4) is 0 Å². The molecule has 4 heterocycles. The SMILES string of the molecule is CCCCOCC1(CC)CC1.CCCCOCC1(N(C)C(=O)OC(C)(C)C)CC1.CN(C(=O)OC(C)(C)C)C1(CO)CC1.CN(C(=O)c1cnn2c1CN(C(=O)OC(C)(C)C)CC2)C1(COCCCO)CC1.CN(C(=O)c1cnn2c1CN(C(=O)OC(C)(C)C)CC2)C1(COCCCOCc2ccccc2)CC1. The Balaban J connectivity index is 0.000000225. The van der Waals surface area contributed by atoms with Crippen LogP contribution in [-0.4, -0.2) is 254 Å². The molecule has 27 nitrogen and oxygen atoms in total. The molecule has 0 saturated heterocycles. The molecule has 2 aliphatic heterocycles. The Bertz CT molecular complexity index is 3290. The summed E-state index contributed by atoms with van der Waals surface area (Å²) in [5.74, 6) is -0.199. The topological polar surface area (TPSA) is 281 Å². The fraction of sp³-hybridized carbons (Fsp3) is 0.778. The van der Waals surface area contributed by atoms with Gasteiger partial charge in [0.25, 0.3) is 11.8 Å². The van der Waals surface area contributed by atoms with Crippen LogP contribution in [0.25, 0.3) is 0 Å². The molecular formula is C81H136N10O17. The fourth-order valence-corrected chi connectivity index (χ4v) is 12.1. The van der Waals surface area contributed by atoms with Gasteiger partial charge in [-0.3, -0.25) is 19.0 Å². The number of aromatic nitrogens is 4. The fourth-order valence-electron chi connectivity index (χ4n) is 12.1. The molecular weight excluding hydrogens is 1380 g/mol. The summed E-state index contributed by atoms with van der Waals surface area (Å²) in [4.78, 5) is 85.2. The highest BCUT2D eigenvalue weighted by Crippen LogP contribution is 2.49. The van der Waals surface area contributed by atoms with Crippen molar-refractivity contribution < 1.29 is 81.6 Å². The van der Waals surface area contributed by atoms with Crippen LogP contribution in [0.5, 0.6) is 0 Å². The first-order valence-corrected chi connectivity index (χ1v) is 39.5. The monoisotopic (exact) mass is 1520 g/mol. The van der Waals surface area contributed by atoms with E-state index in [1.165, 1.54) is 37.0 Å². The van der Waals surface area contributed by atoms with E-state index in [0.29, 0.717) is 108 Å². The average molecular weight is 1520 g/mol. The van der Waals surface area contributed by atoms with Crippen molar-refractivity contribution in [1.29, 1.82) is 0 Å². The lowest BCUT2D eigenvalue weighted by Gasteiger charge is -2.32. The van der Waals surface area contributed by atoms with Gasteiger partial charge in [0.2, 0.25) is 0 Å². The standard InChI is InChI=1S/C27H38N4O5.C20H32N4O5.C14H27NO3.C10H19NO3.C10H20O/c1-26(2,3)36-25(33)30-13-14-31-23(18-30)22(17-28-31)24(32)29(4)27(11-12-27)20-35-16-8-15-34-19-21-9-6-5-7-10-21;1-19(2,3)29-18(27)23-8-9-24-16(13-23)15(12-21-24)17(26)22(4)20(6-7-20)14-28-11-5-10-25;1-6-7-10-17-11-14(8-9-14)15(5)12(16)18-13(2,3)4;1-9(2,3)14-8(13)11(4)10(7-12)5-6-10;1-3-5-8-11-9-10(4-2)6-7-10/h5-7,9-10,17H,8,11-16,18-20H2,1-4H3;12,25H,5-11,13-14H2,1-4H3;6-11H2,1-5H3;12H,5-7H2,1-4H3;3-9H2,1-2H3. The predicted molar refractivity (Wildman–Crippen MR) is 412 cm³/mol. The predicted octanol–water partition coefficient (Wildman–Crippen LogP) is 13.1. The van der Waals surface area contributed by atoms with E-state index < -0.39 is 22.4 Å². The van der Waals surface area contributed by atoms with Gasteiger partial charge in [-0.15, -0.1) is 0 Å². The van der Waals surface area contributed by atoms with Crippen LogP contribution in [0, 0.1) is 5.41 Å². The van der Waals surface area contributed by atoms with E-state index in [1.54, 1.807) is 55.7 Å². The number of likely N-dealkylation sites (N-methyl/N-ethyl adjacent to an activating group) is 4. The van der Waals surface area contributed by atoms with Crippen molar-refractivity contribution in [3.8, 4) is 0 Å². The average Bonchev–Trinajstić information content (AvgIpc) is 1.61. The summed E-state index contributed by atoms with van der Waals surface area (Å²) >= 11 is 0. The molecule has 27 heteroatoms. The molecule has 5 fully saturated rings. The molecule has 5 aliphatic carbocycles. The summed E-state index contributed by atoms with van der Waals surface area (Å²) in [5, 5.41) is 26.8. The quantitative estimate of drug-likeness (QED) is 0.0447. The number of aliphatic hydroxyl groups is 2. The zero-order valence-electron chi connectivity index (χ0n) is 69.3. The number of nitrogens with zero attached hydrogens (tertiary/aromatic N) is 10. The molecule has 0 atom stereocenters. The van der Waals surface area contributed by atoms with Gasteiger partial charge in [-0.25, -0.2) is 19.2 Å². The molecule has 0 bridgehead atoms. The number of unbranched alkanes of at least 4 members (excludes halogenated alkanes) is 2. The van der Waals surface area contributed by atoms with Crippen molar-refractivity contribution in [3.63, 3.8) is 0 Å². The first kappa shape index (κ1) is 90.3. The molecule has 2 aromatic heterocycles. The van der Waals surface area contributed by atoms with Crippen LogP contribution < -0.4 is 0 Å². The number of amides is 6. The molecule has 2 N–H and O–H groups in total. The number of fused-ring (bicyclic) bond motifs is 2. The van der Waals surface area contributed by atoms with Crippen molar-refractivity contribution in [2.24, 2.45) is 5.41 Å².